The lowest BCUT2D eigenvalue weighted by Crippen LogP contribution is -2.24. The molecule has 4 rings (SSSR count). The molecule has 1 N–H and O–H groups in total. The number of aryl methyl sites for hydroxylation is 1. The first-order valence-corrected chi connectivity index (χ1v) is 12.1. The molecule has 0 fully saturated rings. The van der Waals surface area contributed by atoms with Gasteiger partial charge >= 0.3 is 6.18 Å². The van der Waals surface area contributed by atoms with Gasteiger partial charge in [0.2, 0.25) is 5.91 Å². The molecule has 1 amide bonds. The Balaban J connectivity index is 1.57. The Hall–Kier alpha value is -2.24. The molecule has 1 aromatic heterocycles. The Labute approximate surface area is 197 Å². The SMILES string of the molecule is O=C(CSc1nc2c(c(=O)n1-c1ccc(Br)cc1)SCC2)Nc1cccc(C(F)(F)F)c1. The van der Waals surface area contributed by atoms with Gasteiger partial charge in [-0.25, -0.2) is 4.98 Å². The Morgan fingerprint density at radius 2 is 1.97 bits per heavy atom. The molecule has 166 valence electrons. The van der Waals surface area contributed by atoms with Gasteiger partial charge in [-0.15, -0.1) is 11.8 Å². The first-order valence-electron chi connectivity index (χ1n) is 9.37. The summed E-state index contributed by atoms with van der Waals surface area (Å²) in [6.45, 7) is 0. The molecule has 5 nitrogen and oxygen atoms in total. The third-order valence-electron chi connectivity index (χ3n) is 4.56. The molecule has 0 aliphatic carbocycles. The molecular weight excluding hydrogens is 527 g/mol. The van der Waals surface area contributed by atoms with E-state index in [4.69, 9.17) is 0 Å². The number of anilines is 1. The highest BCUT2D eigenvalue weighted by molar-refractivity contribution is 9.10. The van der Waals surface area contributed by atoms with Crippen LogP contribution in [0.5, 0.6) is 0 Å². The van der Waals surface area contributed by atoms with Crippen LogP contribution in [0.15, 0.2) is 67.9 Å². The summed E-state index contributed by atoms with van der Waals surface area (Å²) in [6.07, 6.45) is -3.83. The van der Waals surface area contributed by atoms with Gasteiger partial charge in [0.05, 0.1) is 27.6 Å². The van der Waals surface area contributed by atoms with Crippen molar-refractivity contribution in [1.29, 1.82) is 0 Å². The van der Waals surface area contributed by atoms with Crippen molar-refractivity contribution >= 4 is 51.0 Å². The van der Waals surface area contributed by atoms with Crippen LogP contribution in [0.2, 0.25) is 0 Å². The van der Waals surface area contributed by atoms with E-state index in [1.54, 1.807) is 24.3 Å². The smallest absolute Gasteiger partial charge is 0.325 e. The average molecular weight is 542 g/mol. The van der Waals surface area contributed by atoms with Crippen molar-refractivity contribution in [2.45, 2.75) is 22.6 Å². The molecule has 0 unspecified atom stereocenters. The van der Waals surface area contributed by atoms with Gasteiger partial charge in [-0.3, -0.25) is 14.2 Å². The van der Waals surface area contributed by atoms with Gasteiger partial charge in [0.15, 0.2) is 5.16 Å². The van der Waals surface area contributed by atoms with E-state index >= 15 is 0 Å². The monoisotopic (exact) mass is 541 g/mol. The van der Waals surface area contributed by atoms with E-state index in [-0.39, 0.29) is 17.0 Å². The maximum absolute atomic E-state index is 13.1. The predicted molar refractivity (Wildman–Crippen MR) is 123 cm³/mol. The van der Waals surface area contributed by atoms with Crippen molar-refractivity contribution in [2.75, 3.05) is 16.8 Å². The summed E-state index contributed by atoms with van der Waals surface area (Å²) >= 11 is 5.89. The zero-order valence-corrected chi connectivity index (χ0v) is 19.5. The number of aromatic nitrogens is 2. The summed E-state index contributed by atoms with van der Waals surface area (Å²) in [5.41, 5.74) is 0.329. The molecule has 3 aromatic rings. The largest absolute Gasteiger partial charge is 0.416 e. The van der Waals surface area contributed by atoms with Crippen molar-refractivity contribution in [1.82, 2.24) is 9.55 Å². The molecule has 1 aliphatic heterocycles. The van der Waals surface area contributed by atoms with Crippen molar-refractivity contribution in [3.05, 3.63) is 74.6 Å². The Bertz CT molecular complexity index is 1230. The second-order valence-corrected chi connectivity index (χ2v) is 9.76. The molecule has 32 heavy (non-hydrogen) atoms. The number of thioether (sulfide) groups is 2. The van der Waals surface area contributed by atoms with E-state index in [0.717, 1.165) is 34.1 Å². The minimum atomic E-state index is -4.50. The fourth-order valence-corrected chi connectivity index (χ4v) is 5.22. The topological polar surface area (TPSA) is 64.0 Å². The minimum Gasteiger partial charge on any atom is -0.325 e. The van der Waals surface area contributed by atoms with Gasteiger partial charge in [0.25, 0.3) is 5.56 Å². The Kier molecular flexibility index (Phi) is 6.68. The minimum absolute atomic E-state index is 0.0500. The van der Waals surface area contributed by atoms with Gasteiger partial charge in [0, 0.05) is 22.3 Å². The van der Waals surface area contributed by atoms with Gasteiger partial charge < -0.3 is 5.32 Å². The molecule has 2 heterocycles. The summed E-state index contributed by atoms with van der Waals surface area (Å²) < 4.78 is 41.0. The van der Waals surface area contributed by atoms with Crippen LogP contribution in [0.25, 0.3) is 5.69 Å². The van der Waals surface area contributed by atoms with Crippen molar-refractivity contribution in [2.24, 2.45) is 0 Å². The number of hydrogen-bond donors (Lipinski definition) is 1. The fourth-order valence-electron chi connectivity index (χ4n) is 3.11. The number of nitrogens with zero attached hydrogens (tertiary/aromatic N) is 2. The van der Waals surface area contributed by atoms with Crippen molar-refractivity contribution in [3.63, 3.8) is 0 Å². The summed E-state index contributed by atoms with van der Waals surface area (Å²) in [6, 6.07) is 11.6. The molecule has 0 saturated heterocycles. The maximum atomic E-state index is 13.1. The number of amides is 1. The van der Waals surface area contributed by atoms with Crippen LogP contribution in [-0.4, -0.2) is 27.0 Å². The van der Waals surface area contributed by atoms with Crippen LogP contribution in [0, 0.1) is 0 Å². The zero-order chi connectivity index (χ0) is 22.9. The van der Waals surface area contributed by atoms with E-state index < -0.39 is 17.6 Å². The number of nitrogens with one attached hydrogen (secondary N) is 1. The number of alkyl halides is 3. The summed E-state index contributed by atoms with van der Waals surface area (Å²) in [4.78, 5) is 30.7. The maximum Gasteiger partial charge on any atom is 0.416 e. The van der Waals surface area contributed by atoms with E-state index in [1.807, 2.05) is 0 Å². The zero-order valence-electron chi connectivity index (χ0n) is 16.3. The predicted octanol–water partition coefficient (Wildman–Crippen LogP) is 5.39. The molecule has 11 heteroatoms. The molecule has 0 radical (unpaired) electrons. The van der Waals surface area contributed by atoms with Gasteiger partial charge in [-0.05, 0) is 42.5 Å². The molecular formula is C21H15BrF3N3O2S2. The van der Waals surface area contributed by atoms with Crippen LogP contribution < -0.4 is 10.9 Å². The van der Waals surface area contributed by atoms with E-state index in [0.29, 0.717) is 27.9 Å². The van der Waals surface area contributed by atoms with E-state index in [2.05, 4.69) is 26.2 Å². The lowest BCUT2D eigenvalue weighted by Gasteiger charge is -2.14. The molecule has 0 saturated carbocycles. The quantitative estimate of drug-likeness (QED) is 0.346. The van der Waals surface area contributed by atoms with Gasteiger partial charge in [-0.2, -0.15) is 13.2 Å². The number of benzene rings is 2. The van der Waals surface area contributed by atoms with E-state index in [9.17, 15) is 22.8 Å². The second-order valence-electron chi connectivity index (χ2n) is 6.80. The average Bonchev–Trinajstić information content (AvgIpc) is 3.22. The second kappa shape index (κ2) is 9.32. The van der Waals surface area contributed by atoms with Crippen LogP contribution in [0.3, 0.4) is 0 Å². The molecule has 0 bridgehead atoms. The third-order valence-corrected chi connectivity index (χ3v) is 7.13. The molecule has 0 atom stereocenters. The number of fused-ring (bicyclic) bond motifs is 1. The molecule has 2 aromatic carbocycles. The summed E-state index contributed by atoms with van der Waals surface area (Å²) in [5.74, 6) is 0.147. The molecule has 0 spiro atoms. The lowest BCUT2D eigenvalue weighted by molar-refractivity contribution is -0.137. The third kappa shape index (κ3) is 5.05. The Morgan fingerprint density at radius 3 is 2.69 bits per heavy atom. The van der Waals surface area contributed by atoms with Crippen LogP contribution in [0.1, 0.15) is 11.3 Å². The van der Waals surface area contributed by atoms with Crippen LogP contribution >= 0.6 is 39.5 Å². The first kappa shape index (κ1) is 22.9. The van der Waals surface area contributed by atoms with Crippen molar-refractivity contribution < 1.29 is 18.0 Å². The lowest BCUT2D eigenvalue weighted by atomic mass is 10.2. The molecule has 1 aliphatic rings. The number of carbonyl (C=O) groups is 1. The number of halogens is 4. The number of carbonyl (C=O) groups excluding carboxylic acids is 1. The fraction of sp³-hybridized carbons (Fsp3) is 0.190. The van der Waals surface area contributed by atoms with Gasteiger partial charge in [-0.1, -0.05) is 33.8 Å². The number of hydrogen-bond acceptors (Lipinski definition) is 5. The van der Waals surface area contributed by atoms with Crippen molar-refractivity contribution in [3.8, 4) is 5.69 Å². The Morgan fingerprint density at radius 1 is 1.22 bits per heavy atom. The highest BCUT2D eigenvalue weighted by atomic mass is 79.9. The number of rotatable bonds is 5. The highest BCUT2D eigenvalue weighted by Crippen LogP contribution is 2.32. The normalized spacial score (nSPS) is 13.1. The van der Waals surface area contributed by atoms with E-state index in [1.165, 1.54) is 28.5 Å². The van der Waals surface area contributed by atoms with Gasteiger partial charge in [0.1, 0.15) is 0 Å². The first-order chi connectivity index (χ1) is 15.2. The summed E-state index contributed by atoms with van der Waals surface area (Å²) in [7, 11) is 0. The van der Waals surface area contributed by atoms with Crippen LogP contribution in [0.4, 0.5) is 18.9 Å². The highest BCUT2D eigenvalue weighted by Gasteiger charge is 2.30. The van der Waals surface area contributed by atoms with Crippen LogP contribution in [-0.2, 0) is 17.4 Å². The summed E-state index contributed by atoms with van der Waals surface area (Å²) in [5, 5.41) is 2.83. The standard InChI is InChI=1S/C21H15BrF3N3O2S2/c22-13-4-6-15(7-5-13)28-19(30)18-16(8-9-31-18)27-20(28)32-11-17(29)26-14-3-1-2-12(10-14)21(23,24)25/h1-7,10H,8-9,11H2,(H,26,29).